The van der Waals surface area contributed by atoms with Crippen molar-refractivity contribution in [3.63, 3.8) is 0 Å². The Morgan fingerprint density at radius 2 is 1.77 bits per heavy atom. The van der Waals surface area contributed by atoms with Gasteiger partial charge in [-0.05, 0) is 64.2 Å². The zero-order valence-corrected chi connectivity index (χ0v) is 16.0. The SMILES string of the molecule is O=C(CN1C(=O)[C@@H]2[C@H]3C=C[C@@H]([C@@H]4C[C@H]34)[C@@H]2C1=O)Nc1ccc(Br)c(Cl)c1. The number of rotatable bonds is 3. The molecular weight excluding hydrogens is 420 g/mol. The number of halogens is 2. The van der Waals surface area contributed by atoms with E-state index < -0.39 is 5.91 Å². The third-order valence-electron chi connectivity index (χ3n) is 6.26. The number of benzene rings is 1. The number of anilines is 1. The molecule has 0 spiro atoms. The van der Waals surface area contributed by atoms with Crippen molar-refractivity contribution in [3.05, 3.63) is 39.8 Å². The molecule has 1 aromatic carbocycles. The number of nitrogens with zero attached hydrogens (tertiary/aromatic N) is 1. The number of hydrogen-bond acceptors (Lipinski definition) is 3. The molecule has 0 aromatic heterocycles. The van der Waals surface area contributed by atoms with E-state index in [2.05, 4.69) is 33.4 Å². The first kappa shape index (κ1) is 16.5. The van der Waals surface area contributed by atoms with Gasteiger partial charge in [-0.25, -0.2) is 0 Å². The van der Waals surface area contributed by atoms with Crippen LogP contribution < -0.4 is 5.32 Å². The fraction of sp³-hybridized carbons (Fsp3) is 0.421. The lowest BCUT2D eigenvalue weighted by Gasteiger charge is -2.37. The molecule has 7 heteroatoms. The number of carbonyl (C=O) groups excluding carboxylic acids is 3. The fourth-order valence-electron chi connectivity index (χ4n) is 5.09. The topological polar surface area (TPSA) is 66.5 Å². The summed E-state index contributed by atoms with van der Waals surface area (Å²) in [4.78, 5) is 39.3. The van der Waals surface area contributed by atoms with E-state index in [1.165, 1.54) is 0 Å². The van der Waals surface area contributed by atoms with Crippen LogP contribution in [0.15, 0.2) is 34.8 Å². The molecule has 134 valence electrons. The Labute approximate surface area is 163 Å². The predicted octanol–water partition coefficient (Wildman–Crippen LogP) is 3.09. The molecule has 4 aliphatic carbocycles. The van der Waals surface area contributed by atoms with Crippen molar-refractivity contribution in [3.8, 4) is 0 Å². The molecule has 0 unspecified atom stereocenters. The van der Waals surface area contributed by atoms with E-state index in [1.54, 1.807) is 18.2 Å². The summed E-state index contributed by atoms with van der Waals surface area (Å²) in [6.45, 7) is -0.243. The summed E-state index contributed by atoms with van der Waals surface area (Å²) in [7, 11) is 0. The quantitative estimate of drug-likeness (QED) is 0.586. The third kappa shape index (κ3) is 2.31. The molecule has 6 atom stereocenters. The van der Waals surface area contributed by atoms with E-state index >= 15 is 0 Å². The fourth-order valence-corrected chi connectivity index (χ4v) is 5.52. The van der Waals surface area contributed by atoms with Crippen molar-refractivity contribution in [2.75, 3.05) is 11.9 Å². The van der Waals surface area contributed by atoms with Gasteiger partial charge in [-0.1, -0.05) is 23.8 Å². The van der Waals surface area contributed by atoms with Gasteiger partial charge in [-0.15, -0.1) is 0 Å². The second-order valence-corrected chi connectivity index (χ2v) is 8.86. The number of imide groups is 1. The Balaban J connectivity index is 1.32. The third-order valence-corrected chi connectivity index (χ3v) is 7.49. The molecule has 1 aromatic rings. The van der Waals surface area contributed by atoms with E-state index in [0.717, 1.165) is 15.8 Å². The molecule has 1 heterocycles. The molecule has 1 N–H and O–H groups in total. The number of carbonyl (C=O) groups is 3. The molecule has 1 aliphatic heterocycles. The second kappa shape index (κ2) is 5.67. The van der Waals surface area contributed by atoms with Gasteiger partial charge in [-0.2, -0.15) is 0 Å². The van der Waals surface area contributed by atoms with Crippen molar-refractivity contribution < 1.29 is 14.4 Å². The van der Waals surface area contributed by atoms with Crippen LogP contribution in [0, 0.1) is 35.5 Å². The zero-order chi connectivity index (χ0) is 18.2. The predicted molar refractivity (Wildman–Crippen MR) is 99.2 cm³/mol. The molecule has 3 amide bonds. The first-order valence-electron chi connectivity index (χ1n) is 8.74. The van der Waals surface area contributed by atoms with Crippen molar-refractivity contribution in [2.24, 2.45) is 35.5 Å². The maximum atomic E-state index is 12.9. The summed E-state index contributed by atoms with van der Waals surface area (Å²) >= 11 is 9.32. The zero-order valence-electron chi connectivity index (χ0n) is 13.7. The van der Waals surface area contributed by atoms with Gasteiger partial charge in [-0.3, -0.25) is 19.3 Å². The summed E-state index contributed by atoms with van der Waals surface area (Å²) in [6.07, 6.45) is 5.37. The lowest BCUT2D eigenvalue weighted by molar-refractivity contribution is -0.142. The highest BCUT2D eigenvalue weighted by molar-refractivity contribution is 9.10. The van der Waals surface area contributed by atoms with E-state index in [-0.39, 0.29) is 42.0 Å². The minimum absolute atomic E-state index is 0.171. The first-order valence-corrected chi connectivity index (χ1v) is 9.91. The van der Waals surface area contributed by atoms with Crippen molar-refractivity contribution in [1.29, 1.82) is 0 Å². The highest BCUT2D eigenvalue weighted by Gasteiger charge is 2.67. The number of nitrogens with one attached hydrogen (secondary N) is 1. The maximum Gasteiger partial charge on any atom is 0.244 e. The van der Waals surface area contributed by atoms with Gasteiger partial charge < -0.3 is 5.32 Å². The molecule has 26 heavy (non-hydrogen) atoms. The Morgan fingerprint density at radius 3 is 2.35 bits per heavy atom. The average molecular weight is 436 g/mol. The monoisotopic (exact) mass is 434 g/mol. The Hall–Kier alpha value is -1.66. The largest absolute Gasteiger partial charge is 0.324 e. The van der Waals surface area contributed by atoms with Crippen LogP contribution >= 0.6 is 27.5 Å². The minimum atomic E-state index is -0.394. The first-order chi connectivity index (χ1) is 12.5. The molecular formula is C19H16BrClN2O3. The van der Waals surface area contributed by atoms with E-state index in [9.17, 15) is 14.4 Å². The number of likely N-dealkylation sites (tertiary alicyclic amines) is 1. The van der Waals surface area contributed by atoms with Crippen LogP contribution in [0.2, 0.25) is 5.02 Å². The van der Waals surface area contributed by atoms with Gasteiger partial charge in [0.2, 0.25) is 17.7 Å². The average Bonchev–Trinajstić information content (AvgIpc) is 3.39. The summed E-state index contributed by atoms with van der Waals surface area (Å²) < 4.78 is 0.729. The number of hydrogen-bond donors (Lipinski definition) is 1. The van der Waals surface area contributed by atoms with Crippen LogP contribution in [0.5, 0.6) is 0 Å². The van der Waals surface area contributed by atoms with Crippen LogP contribution in [0.1, 0.15) is 6.42 Å². The van der Waals surface area contributed by atoms with Crippen molar-refractivity contribution >= 4 is 50.9 Å². The van der Waals surface area contributed by atoms with Crippen LogP contribution in [0.3, 0.4) is 0 Å². The second-order valence-electron chi connectivity index (χ2n) is 7.59. The molecule has 0 radical (unpaired) electrons. The van der Waals surface area contributed by atoms with Gasteiger partial charge in [0.1, 0.15) is 6.54 Å². The summed E-state index contributed by atoms with van der Waals surface area (Å²) in [6, 6.07) is 5.06. The number of amides is 3. The highest BCUT2D eigenvalue weighted by Crippen LogP contribution is 2.65. The molecule has 5 nitrogen and oxygen atoms in total. The molecule has 3 fully saturated rings. The highest BCUT2D eigenvalue weighted by atomic mass is 79.9. The Bertz CT molecular complexity index is 850. The van der Waals surface area contributed by atoms with Crippen LogP contribution in [-0.4, -0.2) is 29.2 Å². The number of allylic oxidation sites excluding steroid dienone is 2. The van der Waals surface area contributed by atoms with E-state index in [0.29, 0.717) is 22.5 Å². The van der Waals surface area contributed by atoms with Crippen molar-refractivity contribution in [1.82, 2.24) is 4.90 Å². The lowest BCUT2D eigenvalue weighted by atomic mass is 9.63. The summed E-state index contributed by atoms with van der Waals surface area (Å²) in [5.41, 5.74) is 0.530. The van der Waals surface area contributed by atoms with Gasteiger partial charge in [0, 0.05) is 10.2 Å². The molecule has 2 saturated carbocycles. The standard InChI is InChI=1S/C19H16BrClN2O3/c20-13-4-1-8(5-14(13)21)22-15(24)7-23-18(25)16-9-2-3-10(12-6-11(9)12)17(16)19(23)26/h1-5,9-12,16-17H,6-7H2,(H,22,24)/t9-,10-,11-,12+,16-,17+/m0/s1. The van der Waals surface area contributed by atoms with Gasteiger partial charge in [0.25, 0.3) is 0 Å². The van der Waals surface area contributed by atoms with Crippen molar-refractivity contribution in [2.45, 2.75) is 6.42 Å². The maximum absolute atomic E-state index is 12.9. The summed E-state index contributed by atoms with van der Waals surface area (Å²) in [5.74, 6) is 0.155. The van der Waals surface area contributed by atoms with Crippen LogP contribution in [0.25, 0.3) is 0 Å². The van der Waals surface area contributed by atoms with Gasteiger partial charge in [0.15, 0.2) is 0 Å². The van der Waals surface area contributed by atoms with Gasteiger partial charge >= 0.3 is 0 Å². The lowest BCUT2D eigenvalue weighted by Crippen LogP contribution is -2.40. The Kier molecular flexibility index (Phi) is 3.60. The molecule has 2 bridgehead atoms. The molecule has 6 rings (SSSR count). The minimum Gasteiger partial charge on any atom is -0.324 e. The summed E-state index contributed by atoms with van der Waals surface area (Å²) in [5, 5.41) is 3.18. The van der Waals surface area contributed by atoms with E-state index in [1.807, 2.05) is 0 Å². The normalized spacial score (nSPS) is 36.2. The van der Waals surface area contributed by atoms with Crippen LogP contribution in [0.4, 0.5) is 5.69 Å². The smallest absolute Gasteiger partial charge is 0.244 e. The van der Waals surface area contributed by atoms with Crippen LogP contribution in [-0.2, 0) is 14.4 Å². The molecule has 5 aliphatic rings. The molecule has 1 saturated heterocycles. The van der Waals surface area contributed by atoms with Gasteiger partial charge in [0.05, 0.1) is 16.9 Å². The van der Waals surface area contributed by atoms with E-state index in [4.69, 9.17) is 11.6 Å². The Morgan fingerprint density at radius 1 is 1.15 bits per heavy atom.